The van der Waals surface area contributed by atoms with Crippen LogP contribution in [0.15, 0.2) is 48.5 Å². The first-order valence-electron chi connectivity index (χ1n) is 9.09. The van der Waals surface area contributed by atoms with Crippen LogP contribution in [0, 0.1) is 0 Å². The van der Waals surface area contributed by atoms with Gasteiger partial charge in [-0.2, -0.15) is 0 Å². The summed E-state index contributed by atoms with van der Waals surface area (Å²) in [5.74, 6) is -0.625. The standard InChI is InChI=1S/C21H27N3O3/c1-5-24(6-2)18-11-9-17(10-12-18)23-21(26)20(25)22-15(3)16-7-13-19(27-4)14-8-16/h7-15H,5-6H2,1-4H3,(H,22,25)(H,23,26). The zero-order valence-corrected chi connectivity index (χ0v) is 16.3. The van der Waals surface area contributed by atoms with Crippen LogP contribution < -0.4 is 20.3 Å². The summed E-state index contributed by atoms with van der Waals surface area (Å²) in [6, 6.07) is 14.5. The van der Waals surface area contributed by atoms with Crippen molar-refractivity contribution in [1.29, 1.82) is 0 Å². The summed E-state index contributed by atoms with van der Waals surface area (Å²) >= 11 is 0. The van der Waals surface area contributed by atoms with E-state index in [4.69, 9.17) is 4.74 Å². The third-order valence-electron chi connectivity index (χ3n) is 4.42. The minimum atomic E-state index is -0.689. The fourth-order valence-electron chi connectivity index (χ4n) is 2.77. The highest BCUT2D eigenvalue weighted by atomic mass is 16.5. The van der Waals surface area contributed by atoms with Gasteiger partial charge in [0.25, 0.3) is 0 Å². The molecule has 0 aliphatic rings. The van der Waals surface area contributed by atoms with E-state index in [1.807, 2.05) is 43.3 Å². The Kier molecular flexibility index (Phi) is 7.23. The lowest BCUT2D eigenvalue weighted by atomic mass is 10.1. The Morgan fingerprint density at radius 3 is 2.07 bits per heavy atom. The number of carbonyl (C=O) groups is 2. The molecule has 27 heavy (non-hydrogen) atoms. The fourth-order valence-corrected chi connectivity index (χ4v) is 2.77. The van der Waals surface area contributed by atoms with E-state index in [2.05, 4.69) is 29.4 Å². The van der Waals surface area contributed by atoms with Crippen LogP contribution in [0.25, 0.3) is 0 Å². The van der Waals surface area contributed by atoms with E-state index >= 15 is 0 Å². The van der Waals surface area contributed by atoms with Crippen LogP contribution in [0.3, 0.4) is 0 Å². The highest BCUT2D eigenvalue weighted by Crippen LogP contribution is 2.19. The van der Waals surface area contributed by atoms with Gasteiger partial charge in [0.2, 0.25) is 0 Å². The molecule has 0 fully saturated rings. The van der Waals surface area contributed by atoms with E-state index < -0.39 is 11.8 Å². The zero-order chi connectivity index (χ0) is 19.8. The second-order valence-electron chi connectivity index (χ2n) is 6.14. The SMILES string of the molecule is CCN(CC)c1ccc(NC(=O)C(=O)NC(C)c2ccc(OC)cc2)cc1. The normalized spacial score (nSPS) is 11.4. The number of hydrogen-bond acceptors (Lipinski definition) is 4. The second-order valence-corrected chi connectivity index (χ2v) is 6.14. The molecule has 1 atom stereocenters. The van der Waals surface area contributed by atoms with Crippen molar-refractivity contribution in [2.75, 3.05) is 30.4 Å². The Labute approximate surface area is 160 Å². The molecular formula is C21H27N3O3. The van der Waals surface area contributed by atoms with Crippen molar-refractivity contribution in [3.05, 3.63) is 54.1 Å². The molecular weight excluding hydrogens is 342 g/mol. The highest BCUT2D eigenvalue weighted by Gasteiger charge is 2.17. The largest absolute Gasteiger partial charge is 0.497 e. The molecule has 0 radical (unpaired) electrons. The topological polar surface area (TPSA) is 70.7 Å². The Hall–Kier alpha value is -3.02. The van der Waals surface area contributed by atoms with E-state index in [0.29, 0.717) is 5.69 Å². The number of methoxy groups -OCH3 is 1. The van der Waals surface area contributed by atoms with Crippen molar-refractivity contribution in [3.8, 4) is 5.75 Å². The van der Waals surface area contributed by atoms with Gasteiger partial charge in [-0.05, 0) is 62.7 Å². The molecule has 2 aromatic carbocycles. The molecule has 6 nitrogen and oxygen atoms in total. The molecule has 2 aromatic rings. The number of nitrogens with one attached hydrogen (secondary N) is 2. The van der Waals surface area contributed by atoms with E-state index in [9.17, 15) is 9.59 Å². The maximum atomic E-state index is 12.2. The van der Waals surface area contributed by atoms with Crippen LogP contribution in [0.4, 0.5) is 11.4 Å². The molecule has 0 aliphatic carbocycles. The monoisotopic (exact) mass is 369 g/mol. The lowest BCUT2D eigenvalue weighted by Gasteiger charge is -2.21. The lowest BCUT2D eigenvalue weighted by molar-refractivity contribution is -0.136. The first-order valence-corrected chi connectivity index (χ1v) is 9.09. The molecule has 0 aliphatic heterocycles. The van der Waals surface area contributed by atoms with Crippen LogP contribution in [-0.4, -0.2) is 32.0 Å². The molecule has 2 N–H and O–H groups in total. The van der Waals surface area contributed by atoms with Crippen molar-refractivity contribution < 1.29 is 14.3 Å². The molecule has 0 bridgehead atoms. The number of nitrogens with zero attached hydrogens (tertiary/aromatic N) is 1. The van der Waals surface area contributed by atoms with Crippen LogP contribution in [0.1, 0.15) is 32.4 Å². The number of benzene rings is 2. The molecule has 0 saturated heterocycles. The summed E-state index contributed by atoms with van der Waals surface area (Å²) in [5, 5.41) is 5.33. The van der Waals surface area contributed by atoms with Gasteiger partial charge in [0.1, 0.15) is 5.75 Å². The lowest BCUT2D eigenvalue weighted by Crippen LogP contribution is -2.36. The molecule has 144 valence electrons. The van der Waals surface area contributed by atoms with Crippen molar-refractivity contribution in [2.24, 2.45) is 0 Å². The van der Waals surface area contributed by atoms with Gasteiger partial charge in [-0.3, -0.25) is 9.59 Å². The summed E-state index contributed by atoms with van der Waals surface area (Å²) < 4.78 is 5.12. The number of ether oxygens (including phenoxy) is 1. The average molecular weight is 369 g/mol. The first-order chi connectivity index (χ1) is 13.0. The highest BCUT2D eigenvalue weighted by molar-refractivity contribution is 6.39. The van der Waals surface area contributed by atoms with E-state index in [1.165, 1.54) is 0 Å². The molecule has 6 heteroatoms. The van der Waals surface area contributed by atoms with Crippen LogP contribution >= 0.6 is 0 Å². The van der Waals surface area contributed by atoms with Gasteiger partial charge in [0.05, 0.1) is 13.2 Å². The second kappa shape index (κ2) is 9.62. The van der Waals surface area contributed by atoms with Crippen LogP contribution in [0.2, 0.25) is 0 Å². The zero-order valence-electron chi connectivity index (χ0n) is 16.3. The van der Waals surface area contributed by atoms with Gasteiger partial charge in [-0.1, -0.05) is 12.1 Å². The third-order valence-corrected chi connectivity index (χ3v) is 4.42. The molecule has 1 unspecified atom stereocenters. The summed E-state index contributed by atoms with van der Waals surface area (Å²) in [7, 11) is 1.60. The molecule has 0 heterocycles. The Morgan fingerprint density at radius 2 is 1.56 bits per heavy atom. The number of anilines is 2. The number of carbonyl (C=O) groups excluding carboxylic acids is 2. The molecule has 0 spiro atoms. The van der Waals surface area contributed by atoms with Crippen LogP contribution in [-0.2, 0) is 9.59 Å². The van der Waals surface area contributed by atoms with Crippen molar-refractivity contribution in [2.45, 2.75) is 26.8 Å². The summed E-state index contributed by atoms with van der Waals surface area (Å²) in [6.45, 7) is 7.83. The molecule has 0 saturated carbocycles. The van der Waals surface area contributed by atoms with Crippen LogP contribution in [0.5, 0.6) is 5.75 Å². The maximum absolute atomic E-state index is 12.2. The minimum absolute atomic E-state index is 0.292. The van der Waals surface area contributed by atoms with E-state index in [1.54, 1.807) is 19.2 Å². The Balaban J connectivity index is 1.93. The third kappa shape index (κ3) is 5.48. The van der Waals surface area contributed by atoms with Gasteiger partial charge >= 0.3 is 11.8 Å². The van der Waals surface area contributed by atoms with E-state index in [-0.39, 0.29) is 6.04 Å². The number of hydrogen-bond donors (Lipinski definition) is 2. The predicted octanol–water partition coefficient (Wildman–Crippen LogP) is 3.36. The molecule has 2 rings (SSSR count). The fraction of sp³-hybridized carbons (Fsp3) is 0.333. The van der Waals surface area contributed by atoms with Crippen molar-refractivity contribution in [1.82, 2.24) is 5.32 Å². The van der Waals surface area contributed by atoms with Crippen molar-refractivity contribution >= 4 is 23.2 Å². The number of amides is 2. The molecule has 2 amide bonds. The number of rotatable bonds is 7. The van der Waals surface area contributed by atoms with E-state index in [0.717, 1.165) is 30.1 Å². The predicted molar refractivity (Wildman–Crippen MR) is 108 cm³/mol. The van der Waals surface area contributed by atoms with Gasteiger partial charge in [0, 0.05) is 24.5 Å². The molecule has 0 aromatic heterocycles. The average Bonchev–Trinajstić information content (AvgIpc) is 2.70. The Bertz CT molecular complexity index is 753. The van der Waals surface area contributed by atoms with Gasteiger partial charge in [-0.15, -0.1) is 0 Å². The summed E-state index contributed by atoms with van der Waals surface area (Å²) in [5.41, 5.74) is 2.55. The minimum Gasteiger partial charge on any atom is -0.497 e. The quantitative estimate of drug-likeness (QED) is 0.734. The summed E-state index contributed by atoms with van der Waals surface area (Å²) in [4.78, 5) is 26.5. The van der Waals surface area contributed by atoms with Crippen molar-refractivity contribution in [3.63, 3.8) is 0 Å². The van der Waals surface area contributed by atoms with Gasteiger partial charge in [0.15, 0.2) is 0 Å². The maximum Gasteiger partial charge on any atom is 0.313 e. The Morgan fingerprint density at radius 1 is 0.963 bits per heavy atom. The first kappa shape index (κ1) is 20.3. The van der Waals surface area contributed by atoms with Gasteiger partial charge in [-0.25, -0.2) is 0 Å². The smallest absolute Gasteiger partial charge is 0.313 e. The van der Waals surface area contributed by atoms with Gasteiger partial charge < -0.3 is 20.3 Å². The summed E-state index contributed by atoms with van der Waals surface area (Å²) in [6.07, 6.45) is 0.